The van der Waals surface area contributed by atoms with Crippen molar-refractivity contribution >= 4 is 21.8 Å². The summed E-state index contributed by atoms with van der Waals surface area (Å²) in [4.78, 5) is 13.5. The van der Waals surface area contributed by atoms with Crippen LogP contribution in [0.1, 0.15) is 96.5 Å². The molecule has 0 saturated carbocycles. The Morgan fingerprint density at radius 3 is 2.00 bits per heavy atom. The zero-order valence-corrected chi connectivity index (χ0v) is 19.8. The van der Waals surface area contributed by atoms with Gasteiger partial charge in [0.05, 0.1) is 11.0 Å². The zero-order chi connectivity index (χ0) is 21.9. The Kier molecular flexibility index (Phi) is 9.65. The van der Waals surface area contributed by atoms with Crippen LogP contribution in [0.4, 0.5) is 0 Å². The largest absolute Gasteiger partial charge is 0.340 e. The Labute approximate surface area is 188 Å². The number of hydrogen-bond acceptors (Lipinski definition) is 1. The first-order valence-electron chi connectivity index (χ1n) is 12.8. The standard InChI is InChI=1S/C29H41NO/c1-3-5-7-9-10-11-12-13-18-24-19-17-22-27-28(24)29(31)25-20-14-15-21-26(25)30(27)23-16-8-6-4-2/h14-15,17,19-22H,3-13,16,18,23H2,1-2H3. The molecule has 2 aromatic carbocycles. The van der Waals surface area contributed by atoms with Crippen LogP contribution < -0.4 is 5.43 Å². The fourth-order valence-electron chi connectivity index (χ4n) is 4.83. The molecule has 0 aliphatic heterocycles. The van der Waals surface area contributed by atoms with E-state index in [9.17, 15) is 4.79 Å². The van der Waals surface area contributed by atoms with Gasteiger partial charge in [-0.3, -0.25) is 4.79 Å². The van der Waals surface area contributed by atoms with Crippen LogP contribution in [-0.2, 0) is 13.0 Å². The second-order valence-electron chi connectivity index (χ2n) is 9.09. The molecule has 2 heteroatoms. The molecule has 0 spiro atoms. The average molecular weight is 420 g/mol. The van der Waals surface area contributed by atoms with Crippen LogP contribution in [0.3, 0.4) is 0 Å². The number of para-hydroxylation sites is 1. The minimum absolute atomic E-state index is 0.213. The first kappa shape index (κ1) is 23.6. The van der Waals surface area contributed by atoms with Crippen molar-refractivity contribution < 1.29 is 0 Å². The van der Waals surface area contributed by atoms with Crippen LogP contribution in [-0.4, -0.2) is 4.57 Å². The number of unbranched alkanes of at least 4 members (excludes halogenated alkanes) is 10. The van der Waals surface area contributed by atoms with Crippen molar-refractivity contribution in [1.82, 2.24) is 4.57 Å². The molecule has 31 heavy (non-hydrogen) atoms. The summed E-state index contributed by atoms with van der Waals surface area (Å²) in [5, 5.41) is 1.83. The van der Waals surface area contributed by atoms with Crippen LogP contribution in [0.2, 0.25) is 0 Å². The molecular weight excluding hydrogens is 378 g/mol. The van der Waals surface area contributed by atoms with Gasteiger partial charge in [0, 0.05) is 17.3 Å². The normalized spacial score (nSPS) is 11.5. The van der Waals surface area contributed by atoms with Crippen LogP contribution in [0.25, 0.3) is 21.8 Å². The van der Waals surface area contributed by atoms with Gasteiger partial charge in [-0.25, -0.2) is 0 Å². The molecule has 0 fully saturated rings. The predicted octanol–water partition coefficient (Wildman–Crippen LogP) is 8.42. The van der Waals surface area contributed by atoms with Crippen LogP contribution in [0, 0.1) is 0 Å². The number of hydrogen-bond donors (Lipinski definition) is 0. The molecule has 0 aliphatic carbocycles. The quantitative estimate of drug-likeness (QED) is 0.190. The molecule has 168 valence electrons. The van der Waals surface area contributed by atoms with E-state index in [0.717, 1.165) is 41.2 Å². The lowest BCUT2D eigenvalue weighted by Crippen LogP contribution is -2.13. The van der Waals surface area contributed by atoms with Gasteiger partial charge in [0.2, 0.25) is 0 Å². The maximum atomic E-state index is 13.5. The second kappa shape index (κ2) is 12.7. The minimum Gasteiger partial charge on any atom is -0.340 e. The van der Waals surface area contributed by atoms with Gasteiger partial charge in [-0.05, 0) is 43.0 Å². The Morgan fingerprint density at radius 1 is 0.645 bits per heavy atom. The van der Waals surface area contributed by atoms with Crippen molar-refractivity contribution in [3.8, 4) is 0 Å². The van der Waals surface area contributed by atoms with Crippen molar-refractivity contribution in [3.05, 3.63) is 58.3 Å². The number of aromatic nitrogens is 1. The summed E-state index contributed by atoms with van der Waals surface area (Å²) < 4.78 is 2.40. The van der Waals surface area contributed by atoms with E-state index in [-0.39, 0.29) is 5.43 Å². The minimum atomic E-state index is 0.213. The van der Waals surface area contributed by atoms with Crippen LogP contribution >= 0.6 is 0 Å². The summed E-state index contributed by atoms with van der Waals surface area (Å²) in [5.74, 6) is 0. The lowest BCUT2D eigenvalue weighted by atomic mass is 9.98. The van der Waals surface area contributed by atoms with E-state index in [0.29, 0.717) is 0 Å². The van der Waals surface area contributed by atoms with E-state index >= 15 is 0 Å². The van der Waals surface area contributed by atoms with Crippen LogP contribution in [0.5, 0.6) is 0 Å². The summed E-state index contributed by atoms with van der Waals surface area (Å²) in [6.07, 6.45) is 16.5. The summed E-state index contributed by atoms with van der Waals surface area (Å²) >= 11 is 0. The Hall–Kier alpha value is -2.09. The van der Waals surface area contributed by atoms with Gasteiger partial charge in [0.15, 0.2) is 5.43 Å². The van der Waals surface area contributed by atoms with E-state index in [4.69, 9.17) is 0 Å². The molecule has 0 aliphatic rings. The third-order valence-corrected chi connectivity index (χ3v) is 6.62. The highest BCUT2D eigenvalue weighted by Gasteiger charge is 2.13. The van der Waals surface area contributed by atoms with E-state index in [1.165, 1.54) is 76.2 Å². The topological polar surface area (TPSA) is 22.0 Å². The molecule has 0 bridgehead atoms. The number of rotatable bonds is 14. The smallest absolute Gasteiger partial charge is 0.197 e. The fourth-order valence-corrected chi connectivity index (χ4v) is 4.83. The van der Waals surface area contributed by atoms with Gasteiger partial charge < -0.3 is 4.57 Å². The van der Waals surface area contributed by atoms with Gasteiger partial charge in [0.1, 0.15) is 0 Å². The first-order chi connectivity index (χ1) is 15.3. The number of aryl methyl sites for hydroxylation is 2. The molecule has 0 amide bonds. The summed E-state index contributed by atoms with van der Waals surface area (Å²) in [6, 6.07) is 14.7. The average Bonchev–Trinajstić information content (AvgIpc) is 2.80. The van der Waals surface area contributed by atoms with E-state index < -0.39 is 0 Å². The highest BCUT2D eigenvalue weighted by molar-refractivity contribution is 5.95. The molecular formula is C29H41NO. The van der Waals surface area contributed by atoms with Gasteiger partial charge in [0.25, 0.3) is 0 Å². The maximum absolute atomic E-state index is 13.5. The molecule has 0 N–H and O–H groups in total. The highest BCUT2D eigenvalue weighted by atomic mass is 16.1. The highest BCUT2D eigenvalue weighted by Crippen LogP contribution is 2.24. The maximum Gasteiger partial charge on any atom is 0.197 e. The molecule has 1 aromatic heterocycles. The van der Waals surface area contributed by atoms with Crippen molar-refractivity contribution in [2.75, 3.05) is 0 Å². The molecule has 0 saturated heterocycles. The number of pyridine rings is 1. The van der Waals surface area contributed by atoms with Gasteiger partial charge in [-0.2, -0.15) is 0 Å². The van der Waals surface area contributed by atoms with Crippen molar-refractivity contribution in [2.45, 2.75) is 104 Å². The first-order valence-corrected chi connectivity index (χ1v) is 12.8. The third kappa shape index (κ3) is 6.21. The van der Waals surface area contributed by atoms with Crippen molar-refractivity contribution in [3.63, 3.8) is 0 Å². The fraction of sp³-hybridized carbons (Fsp3) is 0.552. The Balaban J connectivity index is 1.80. The Morgan fingerprint density at radius 2 is 1.26 bits per heavy atom. The molecule has 3 rings (SSSR count). The summed E-state index contributed by atoms with van der Waals surface area (Å²) in [5.41, 5.74) is 3.66. The van der Waals surface area contributed by atoms with Gasteiger partial charge in [-0.1, -0.05) is 102 Å². The zero-order valence-electron chi connectivity index (χ0n) is 19.8. The van der Waals surface area contributed by atoms with Gasteiger partial charge in [-0.15, -0.1) is 0 Å². The van der Waals surface area contributed by atoms with Gasteiger partial charge >= 0.3 is 0 Å². The molecule has 0 unspecified atom stereocenters. The molecule has 1 heterocycles. The molecule has 0 atom stereocenters. The molecule has 3 aromatic rings. The number of fused-ring (bicyclic) bond motifs is 2. The second-order valence-corrected chi connectivity index (χ2v) is 9.09. The SMILES string of the molecule is CCCCCCCCCCc1cccc2c1c(=O)c1ccccc1n2CCCCCC. The van der Waals surface area contributed by atoms with Crippen molar-refractivity contribution in [2.24, 2.45) is 0 Å². The monoisotopic (exact) mass is 419 g/mol. The lowest BCUT2D eigenvalue weighted by molar-refractivity contribution is 0.576. The number of benzene rings is 2. The van der Waals surface area contributed by atoms with E-state index in [1.54, 1.807) is 0 Å². The van der Waals surface area contributed by atoms with Crippen molar-refractivity contribution in [1.29, 1.82) is 0 Å². The lowest BCUT2D eigenvalue weighted by Gasteiger charge is -2.17. The Bertz CT molecular complexity index is 1000. The molecule has 2 nitrogen and oxygen atoms in total. The van der Waals surface area contributed by atoms with E-state index in [2.05, 4.69) is 48.7 Å². The predicted molar refractivity (Wildman–Crippen MR) is 136 cm³/mol. The summed E-state index contributed by atoms with van der Waals surface area (Å²) in [6.45, 7) is 5.51. The molecule has 0 radical (unpaired) electrons. The third-order valence-electron chi connectivity index (χ3n) is 6.62. The number of nitrogens with zero attached hydrogens (tertiary/aromatic N) is 1. The summed E-state index contributed by atoms with van der Waals surface area (Å²) in [7, 11) is 0. The van der Waals surface area contributed by atoms with E-state index in [1.807, 2.05) is 12.1 Å². The van der Waals surface area contributed by atoms with Crippen LogP contribution in [0.15, 0.2) is 47.3 Å².